The Hall–Kier alpha value is -1.35. The third-order valence-corrected chi connectivity index (χ3v) is 4.86. The second-order valence-corrected chi connectivity index (χ2v) is 6.76. The number of likely N-dealkylation sites (N-methyl/N-ethyl adjacent to an activating group) is 1. The van der Waals surface area contributed by atoms with E-state index in [1.807, 2.05) is 20.9 Å². The Morgan fingerprint density at radius 3 is 2.90 bits per heavy atom. The first-order chi connectivity index (χ1) is 9.50. The van der Waals surface area contributed by atoms with E-state index in [9.17, 15) is 4.79 Å². The molecule has 3 heteroatoms. The number of carbonyl (C=O) groups is 1. The molecular weight excluding hydrogens is 248 g/mol. The van der Waals surface area contributed by atoms with Gasteiger partial charge in [-0.3, -0.25) is 4.79 Å². The summed E-state index contributed by atoms with van der Waals surface area (Å²) in [5, 5.41) is 3.48. The van der Waals surface area contributed by atoms with Gasteiger partial charge in [0.05, 0.1) is 5.41 Å². The summed E-state index contributed by atoms with van der Waals surface area (Å²) in [6.07, 6.45) is 3.71. The van der Waals surface area contributed by atoms with E-state index in [0.717, 1.165) is 31.1 Å². The lowest BCUT2D eigenvalue weighted by molar-refractivity contribution is -0.121. The molecule has 0 spiro atoms. The summed E-state index contributed by atoms with van der Waals surface area (Å²) in [5.74, 6) is 0.934. The van der Waals surface area contributed by atoms with Crippen molar-refractivity contribution < 1.29 is 4.79 Å². The lowest BCUT2D eigenvalue weighted by Crippen LogP contribution is -2.33. The van der Waals surface area contributed by atoms with Crippen molar-refractivity contribution in [1.82, 2.24) is 5.32 Å². The largest absolute Gasteiger partial charge is 0.316 e. The van der Waals surface area contributed by atoms with Crippen LogP contribution in [0.4, 0.5) is 5.69 Å². The van der Waals surface area contributed by atoms with Gasteiger partial charge in [0.15, 0.2) is 0 Å². The standard InChI is InChI=1S/C17H24N2O/c1-17(2)14-10-12(9-13-5-4-8-18-11-13)6-7-15(14)19(3)16(17)20/h6-7,10,13,18H,4-5,8-9,11H2,1-3H3. The van der Waals surface area contributed by atoms with Crippen LogP contribution in [-0.4, -0.2) is 26.0 Å². The van der Waals surface area contributed by atoms with Crippen LogP contribution in [0, 0.1) is 5.92 Å². The molecule has 1 saturated heterocycles. The Balaban J connectivity index is 1.86. The molecule has 1 aromatic carbocycles. The molecule has 20 heavy (non-hydrogen) atoms. The van der Waals surface area contributed by atoms with E-state index in [-0.39, 0.29) is 11.3 Å². The molecule has 0 bridgehead atoms. The number of hydrogen-bond acceptors (Lipinski definition) is 2. The molecule has 0 aromatic heterocycles. The lowest BCUT2D eigenvalue weighted by Gasteiger charge is -2.23. The molecule has 0 saturated carbocycles. The Labute approximate surface area is 121 Å². The number of amides is 1. The first kappa shape index (κ1) is 13.6. The summed E-state index contributed by atoms with van der Waals surface area (Å²) in [7, 11) is 1.88. The minimum absolute atomic E-state index is 0.198. The van der Waals surface area contributed by atoms with Crippen molar-refractivity contribution in [2.45, 2.75) is 38.5 Å². The highest BCUT2D eigenvalue weighted by Gasteiger charge is 2.42. The number of rotatable bonds is 2. The monoisotopic (exact) mass is 272 g/mol. The first-order valence-corrected chi connectivity index (χ1v) is 7.62. The topological polar surface area (TPSA) is 32.3 Å². The maximum Gasteiger partial charge on any atom is 0.236 e. The van der Waals surface area contributed by atoms with E-state index >= 15 is 0 Å². The van der Waals surface area contributed by atoms with Gasteiger partial charge < -0.3 is 10.2 Å². The van der Waals surface area contributed by atoms with Crippen molar-refractivity contribution in [3.63, 3.8) is 0 Å². The van der Waals surface area contributed by atoms with Crippen LogP contribution in [0.1, 0.15) is 37.8 Å². The molecule has 2 heterocycles. The summed E-state index contributed by atoms with van der Waals surface area (Å²) in [5.41, 5.74) is 3.25. The highest BCUT2D eigenvalue weighted by Crippen LogP contribution is 2.41. The van der Waals surface area contributed by atoms with E-state index in [1.54, 1.807) is 4.90 Å². The normalized spacial score (nSPS) is 24.9. The van der Waals surface area contributed by atoms with E-state index in [2.05, 4.69) is 23.5 Å². The van der Waals surface area contributed by atoms with E-state index in [1.165, 1.54) is 24.0 Å². The Morgan fingerprint density at radius 2 is 2.20 bits per heavy atom. The predicted molar refractivity (Wildman–Crippen MR) is 82.2 cm³/mol. The zero-order chi connectivity index (χ0) is 14.3. The molecular formula is C17H24N2O. The maximum absolute atomic E-state index is 12.3. The van der Waals surface area contributed by atoms with Gasteiger partial charge >= 0.3 is 0 Å². The molecule has 1 fully saturated rings. The Morgan fingerprint density at radius 1 is 1.40 bits per heavy atom. The van der Waals surface area contributed by atoms with Crippen molar-refractivity contribution in [2.75, 3.05) is 25.0 Å². The third-order valence-electron chi connectivity index (χ3n) is 4.86. The van der Waals surface area contributed by atoms with Crippen LogP contribution in [0.2, 0.25) is 0 Å². The van der Waals surface area contributed by atoms with Gasteiger partial charge in [0.1, 0.15) is 0 Å². The maximum atomic E-state index is 12.3. The Bertz CT molecular complexity index is 530. The van der Waals surface area contributed by atoms with Crippen LogP contribution >= 0.6 is 0 Å². The van der Waals surface area contributed by atoms with Crippen molar-refractivity contribution in [3.8, 4) is 0 Å². The van der Waals surface area contributed by atoms with Crippen LogP contribution < -0.4 is 10.2 Å². The van der Waals surface area contributed by atoms with Crippen LogP contribution in [-0.2, 0) is 16.6 Å². The van der Waals surface area contributed by atoms with Crippen molar-refractivity contribution in [3.05, 3.63) is 29.3 Å². The molecule has 2 aliphatic heterocycles. The molecule has 1 aromatic rings. The van der Waals surface area contributed by atoms with E-state index in [4.69, 9.17) is 0 Å². The number of fused-ring (bicyclic) bond motifs is 1. The summed E-state index contributed by atoms with van der Waals surface area (Å²) in [6.45, 7) is 6.35. The zero-order valence-electron chi connectivity index (χ0n) is 12.7. The fourth-order valence-corrected chi connectivity index (χ4v) is 3.58. The number of nitrogens with one attached hydrogen (secondary N) is 1. The average Bonchev–Trinajstić information content (AvgIpc) is 2.62. The number of benzene rings is 1. The Kier molecular flexibility index (Phi) is 3.33. The minimum Gasteiger partial charge on any atom is -0.316 e. The summed E-state index contributed by atoms with van der Waals surface area (Å²) in [6, 6.07) is 6.57. The zero-order valence-corrected chi connectivity index (χ0v) is 12.7. The molecule has 2 aliphatic rings. The number of carbonyl (C=O) groups excluding carboxylic acids is 1. The fraction of sp³-hybridized carbons (Fsp3) is 0.588. The van der Waals surface area contributed by atoms with Gasteiger partial charge in [-0.2, -0.15) is 0 Å². The van der Waals surface area contributed by atoms with Gasteiger partial charge in [-0.15, -0.1) is 0 Å². The fourth-order valence-electron chi connectivity index (χ4n) is 3.58. The molecule has 1 N–H and O–H groups in total. The first-order valence-electron chi connectivity index (χ1n) is 7.62. The molecule has 108 valence electrons. The van der Waals surface area contributed by atoms with Gasteiger partial charge in [-0.1, -0.05) is 12.1 Å². The van der Waals surface area contributed by atoms with Gasteiger partial charge in [-0.05, 0) is 69.3 Å². The number of piperidine rings is 1. The number of anilines is 1. The lowest BCUT2D eigenvalue weighted by atomic mass is 9.84. The van der Waals surface area contributed by atoms with Gasteiger partial charge in [-0.25, -0.2) is 0 Å². The summed E-state index contributed by atoms with van der Waals surface area (Å²) < 4.78 is 0. The quantitative estimate of drug-likeness (QED) is 0.897. The second-order valence-electron chi connectivity index (χ2n) is 6.76. The molecule has 0 radical (unpaired) electrons. The van der Waals surface area contributed by atoms with Crippen LogP contribution in [0.25, 0.3) is 0 Å². The molecule has 1 amide bonds. The van der Waals surface area contributed by atoms with Crippen molar-refractivity contribution in [2.24, 2.45) is 5.92 Å². The van der Waals surface area contributed by atoms with Gasteiger partial charge in [0.2, 0.25) is 5.91 Å². The third kappa shape index (κ3) is 2.14. The van der Waals surface area contributed by atoms with Crippen LogP contribution in [0.3, 0.4) is 0 Å². The van der Waals surface area contributed by atoms with Crippen molar-refractivity contribution >= 4 is 11.6 Å². The summed E-state index contributed by atoms with van der Waals surface area (Å²) >= 11 is 0. The highest BCUT2D eigenvalue weighted by atomic mass is 16.2. The second kappa shape index (κ2) is 4.88. The molecule has 1 unspecified atom stereocenters. The molecule has 3 nitrogen and oxygen atoms in total. The summed E-state index contributed by atoms with van der Waals surface area (Å²) in [4.78, 5) is 14.1. The van der Waals surface area contributed by atoms with E-state index in [0.29, 0.717) is 0 Å². The number of hydrogen-bond donors (Lipinski definition) is 1. The highest BCUT2D eigenvalue weighted by molar-refractivity contribution is 6.07. The van der Waals surface area contributed by atoms with Crippen LogP contribution in [0.15, 0.2) is 18.2 Å². The molecule has 3 rings (SSSR count). The van der Waals surface area contributed by atoms with Gasteiger partial charge in [0.25, 0.3) is 0 Å². The van der Waals surface area contributed by atoms with Crippen LogP contribution in [0.5, 0.6) is 0 Å². The van der Waals surface area contributed by atoms with Crippen molar-refractivity contribution in [1.29, 1.82) is 0 Å². The predicted octanol–water partition coefficient (Wildman–Crippen LogP) is 2.48. The van der Waals surface area contributed by atoms with E-state index < -0.39 is 0 Å². The average molecular weight is 272 g/mol. The SMILES string of the molecule is CN1C(=O)C(C)(C)c2cc(CC3CCCNC3)ccc21. The molecule has 0 aliphatic carbocycles. The smallest absolute Gasteiger partial charge is 0.236 e. The minimum atomic E-state index is -0.384. The number of nitrogens with zero attached hydrogens (tertiary/aromatic N) is 1. The van der Waals surface area contributed by atoms with Gasteiger partial charge in [0, 0.05) is 12.7 Å². The molecule has 1 atom stereocenters.